The molecule has 1 N–H and O–H groups in total. The third-order valence-corrected chi connectivity index (χ3v) is 9.48. The van der Waals surface area contributed by atoms with Crippen molar-refractivity contribution < 1.29 is 22.7 Å². The van der Waals surface area contributed by atoms with E-state index in [-0.39, 0.29) is 23.8 Å². The summed E-state index contributed by atoms with van der Waals surface area (Å²) in [7, 11) is -2.59. The van der Waals surface area contributed by atoms with Gasteiger partial charge in [-0.2, -0.15) is 0 Å². The number of benzene rings is 4. The molecule has 0 aliphatic rings. The first kappa shape index (κ1) is 34.2. The van der Waals surface area contributed by atoms with Gasteiger partial charge in [0, 0.05) is 19.5 Å². The lowest BCUT2D eigenvalue weighted by Gasteiger charge is -2.34. The first-order valence-electron chi connectivity index (χ1n) is 15.5. The van der Waals surface area contributed by atoms with E-state index in [1.54, 1.807) is 37.4 Å². The highest BCUT2D eigenvalue weighted by Crippen LogP contribution is 2.27. The third kappa shape index (κ3) is 8.97. The molecule has 4 rings (SSSR count). The summed E-state index contributed by atoms with van der Waals surface area (Å²) in [4.78, 5) is 30.1. The molecule has 2 amide bonds. The zero-order valence-corrected chi connectivity index (χ0v) is 27.8. The monoisotopic (exact) mass is 641 g/mol. The average Bonchev–Trinajstić information content (AvgIpc) is 3.05. The zero-order valence-electron chi connectivity index (χ0n) is 27.0. The minimum atomic E-state index is -4.16. The predicted molar refractivity (Wildman–Crippen MR) is 182 cm³/mol. The molecule has 0 bridgehead atoms. The van der Waals surface area contributed by atoms with E-state index in [0.29, 0.717) is 18.0 Å². The zero-order chi connectivity index (χ0) is 33.1. The molecule has 4 aromatic carbocycles. The van der Waals surface area contributed by atoms with Crippen LogP contribution in [0.2, 0.25) is 0 Å². The summed E-state index contributed by atoms with van der Waals surface area (Å²) >= 11 is 0. The lowest BCUT2D eigenvalue weighted by Crippen LogP contribution is -2.53. The van der Waals surface area contributed by atoms with Gasteiger partial charge in [0.15, 0.2) is 0 Å². The van der Waals surface area contributed by atoms with Gasteiger partial charge in [0.05, 0.1) is 17.7 Å². The summed E-state index contributed by atoms with van der Waals surface area (Å²) in [6.07, 6.45) is 1.95. The molecule has 0 unspecified atom stereocenters. The van der Waals surface area contributed by atoms with Crippen LogP contribution in [0.3, 0.4) is 0 Å². The largest absolute Gasteiger partial charge is 0.497 e. The molecule has 0 spiro atoms. The number of methoxy groups -OCH3 is 1. The molecule has 0 fully saturated rings. The highest BCUT2D eigenvalue weighted by atomic mass is 32.2. The summed E-state index contributed by atoms with van der Waals surface area (Å²) in [5.41, 5.74) is 3.73. The molecule has 0 saturated heterocycles. The second-order valence-corrected chi connectivity index (χ2v) is 13.3. The molecule has 4 aromatic rings. The number of nitrogens with zero attached hydrogens (tertiary/aromatic N) is 2. The molecule has 9 heteroatoms. The maximum atomic E-state index is 14.6. The topological polar surface area (TPSA) is 96.0 Å². The fourth-order valence-corrected chi connectivity index (χ4v) is 6.79. The van der Waals surface area contributed by atoms with Gasteiger partial charge in [0.1, 0.15) is 18.3 Å². The van der Waals surface area contributed by atoms with Crippen molar-refractivity contribution in [3.05, 3.63) is 125 Å². The smallest absolute Gasteiger partial charge is 0.264 e. The number of anilines is 1. The van der Waals surface area contributed by atoms with Crippen molar-refractivity contribution in [3.8, 4) is 5.75 Å². The number of unbranched alkanes of at least 4 members (excludes halogenated alkanes) is 1. The van der Waals surface area contributed by atoms with Crippen molar-refractivity contribution in [2.75, 3.05) is 24.5 Å². The summed E-state index contributed by atoms with van der Waals surface area (Å²) in [5.74, 6) is -0.189. The highest BCUT2D eigenvalue weighted by Gasteiger charge is 2.34. The number of ether oxygens (including phenoxy) is 1. The maximum absolute atomic E-state index is 14.6. The fraction of sp³-hybridized carbons (Fsp3) is 0.297. The molecule has 0 aliphatic heterocycles. The molecule has 8 nitrogen and oxygen atoms in total. The van der Waals surface area contributed by atoms with Crippen molar-refractivity contribution in [1.82, 2.24) is 10.2 Å². The number of sulfonamides is 1. The van der Waals surface area contributed by atoms with E-state index in [9.17, 15) is 18.0 Å². The summed E-state index contributed by atoms with van der Waals surface area (Å²) in [5, 5.41) is 3.01. The summed E-state index contributed by atoms with van der Waals surface area (Å²) in [6, 6.07) is 29.5. The molecule has 0 aliphatic carbocycles. The predicted octanol–water partition coefficient (Wildman–Crippen LogP) is 6.06. The lowest BCUT2D eigenvalue weighted by molar-refractivity contribution is -0.140. The Balaban J connectivity index is 1.81. The number of carbonyl (C=O) groups excluding carboxylic acids is 2. The van der Waals surface area contributed by atoms with Crippen LogP contribution in [-0.2, 0) is 32.6 Å². The number of nitrogens with one attached hydrogen (secondary N) is 1. The molecule has 46 heavy (non-hydrogen) atoms. The van der Waals surface area contributed by atoms with E-state index in [4.69, 9.17) is 4.74 Å². The Kier molecular flexibility index (Phi) is 12.0. The molecule has 0 radical (unpaired) electrons. The Labute approximate surface area is 273 Å². The second kappa shape index (κ2) is 16.1. The molecule has 242 valence electrons. The van der Waals surface area contributed by atoms with E-state index in [1.165, 1.54) is 17.0 Å². The Hall–Kier alpha value is -4.63. The van der Waals surface area contributed by atoms with Crippen LogP contribution in [-0.4, -0.2) is 51.4 Å². The van der Waals surface area contributed by atoms with Gasteiger partial charge in [0.25, 0.3) is 10.0 Å². The van der Waals surface area contributed by atoms with Gasteiger partial charge < -0.3 is 15.0 Å². The van der Waals surface area contributed by atoms with Gasteiger partial charge in [-0.3, -0.25) is 13.9 Å². The van der Waals surface area contributed by atoms with Crippen molar-refractivity contribution in [3.63, 3.8) is 0 Å². The van der Waals surface area contributed by atoms with Crippen LogP contribution in [0.4, 0.5) is 5.69 Å². The van der Waals surface area contributed by atoms with Crippen LogP contribution < -0.4 is 14.4 Å². The number of hydrogen-bond donors (Lipinski definition) is 1. The number of amides is 2. The number of aryl methyl sites for hydroxylation is 2. The Morgan fingerprint density at radius 2 is 1.46 bits per heavy atom. The van der Waals surface area contributed by atoms with Gasteiger partial charge in [0.2, 0.25) is 11.8 Å². The summed E-state index contributed by atoms with van der Waals surface area (Å²) in [6.45, 7) is 5.85. The Morgan fingerprint density at radius 1 is 0.826 bits per heavy atom. The maximum Gasteiger partial charge on any atom is 0.264 e. The fourth-order valence-electron chi connectivity index (χ4n) is 5.37. The van der Waals surface area contributed by atoms with Crippen molar-refractivity contribution in [1.29, 1.82) is 0 Å². The van der Waals surface area contributed by atoms with Crippen LogP contribution in [0.15, 0.2) is 108 Å². The van der Waals surface area contributed by atoms with Crippen molar-refractivity contribution in [2.45, 2.75) is 57.5 Å². The molecule has 0 aromatic heterocycles. The molecule has 0 heterocycles. The average molecular weight is 642 g/mol. The van der Waals surface area contributed by atoms with E-state index in [2.05, 4.69) is 5.32 Å². The quantitative estimate of drug-likeness (QED) is 0.159. The van der Waals surface area contributed by atoms with Crippen LogP contribution in [0.25, 0.3) is 0 Å². The molecular weight excluding hydrogens is 598 g/mol. The van der Waals surface area contributed by atoms with Crippen LogP contribution in [0.5, 0.6) is 5.75 Å². The normalized spacial score (nSPS) is 11.8. The number of rotatable bonds is 15. The molecule has 0 saturated carbocycles. The van der Waals surface area contributed by atoms with Crippen LogP contribution in [0, 0.1) is 13.8 Å². The number of carbonyl (C=O) groups is 2. The molecular formula is C37H43N3O5S. The number of hydrogen-bond acceptors (Lipinski definition) is 5. The van der Waals surface area contributed by atoms with Gasteiger partial charge in [-0.05, 0) is 78.9 Å². The Morgan fingerprint density at radius 3 is 2.09 bits per heavy atom. The van der Waals surface area contributed by atoms with Crippen LogP contribution in [0.1, 0.15) is 42.0 Å². The SMILES string of the molecule is CCCCNC(=O)[C@H](Cc1ccccc1)N(Cc1cccc(OC)c1)C(=O)CN(c1cc(C)cc(C)c1)S(=O)(=O)c1ccccc1. The summed E-state index contributed by atoms with van der Waals surface area (Å²) < 4.78 is 35.0. The van der Waals surface area contributed by atoms with Crippen molar-refractivity contribution >= 4 is 27.5 Å². The highest BCUT2D eigenvalue weighted by molar-refractivity contribution is 7.92. The van der Waals surface area contributed by atoms with Gasteiger partial charge in [-0.25, -0.2) is 8.42 Å². The Bertz CT molecular complexity index is 1690. The van der Waals surface area contributed by atoms with Gasteiger partial charge in [-0.1, -0.05) is 80.1 Å². The first-order chi connectivity index (χ1) is 22.1. The second-order valence-electron chi connectivity index (χ2n) is 11.4. The third-order valence-electron chi connectivity index (χ3n) is 7.69. The van der Waals surface area contributed by atoms with E-state index < -0.39 is 28.5 Å². The van der Waals surface area contributed by atoms with Crippen LogP contribution >= 0.6 is 0 Å². The van der Waals surface area contributed by atoms with Gasteiger partial charge in [-0.15, -0.1) is 0 Å². The first-order valence-corrected chi connectivity index (χ1v) is 17.0. The van der Waals surface area contributed by atoms with E-state index >= 15 is 0 Å². The minimum absolute atomic E-state index is 0.0689. The minimum Gasteiger partial charge on any atom is -0.497 e. The van der Waals surface area contributed by atoms with Gasteiger partial charge >= 0.3 is 0 Å². The van der Waals surface area contributed by atoms with E-state index in [1.807, 2.05) is 81.4 Å². The molecule has 1 atom stereocenters. The standard InChI is InChI=1S/C37H43N3O5S/c1-5-6-20-38-37(42)35(25-30-14-9-7-10-15-30)39(26-31-16-13-17-33(24-31)45-4)36(41)27-40(32-22-28(2)21-29(3)23-32)46(43,44)34-18-11-8-12-19-34/h7-19,21-24,35H,5-6,20,25-27H2,1-4H3,(H,38,42)/t35-/m0/s1. The van der Waals surface area contributed by atoms with E-state index in [0.717, 1.165) is 39.4 Å². The van der Waals surface area contributed by atoms with Crippen molar-refractivity contribution in [2.24, 2.45) is 0 Å². The lowest BCUT2D eigenvalue weighted by atomic mass is 10.0.